The first-order valence-electron chi connectivity index (χ1n) is 6.24. The normalized spacial score (nSPS) is 11.0. The lowest BCUT2D eigenvalue weighted by Gasteiger charge is -2.21. The van der Waals surface area contributed by atoms with Crippen LogP contribution in [0, 0.1) is 0 Å². The second-order valence-corrected chi connectivity index (χ2v) is 3.85. The third-order valence-electron chi connectivity index (χ3n) is 2.38. The molecule has 0 aliphatic rings. The number of ether oxygens (including phenoxy) is 2. The molecule has 0 aromatic rings. The molecule has 0 aromatic heterocycles. The van der Waals surface area contributed by atoms with E-state index in [0.29, 0.717) is 19.8 Å². The van der Waals surface area contributed by atoms with E-state index in [1.807, 2.05) is 0 Å². The summed E-state index contributed by atoms with van der Waals surface area (Å²) in [6.45, 7) is 5.94. The fourth-order valence-electron chi connectivity index (χ4n) is 1.37. The first-order valence-corrected chi connectivity index (χ1v) is 6.24. The van der Waals surface area contributed by atoms with Crippen LogP contribution in [0.2, 0.25) is 0 Å². The predicted octanol–water partition coefficient (Wildman–Crippen LogP) is 1.57. The molecule has 0 unspecified atom stereocenters. The topological polar surface area (TPSA) is 46.1 Å². The van der Waals surface area contributed by atoms with Gasteiger partial charge in [0.05, 0.1) is 19.8 Å². The van der Waals surface area contributed by atoms with Gasteiger partial charge in [-0.2, -0.15) is 0 Å². The van der Waals surface area contributed by atoms with Crippen molar-refractivity contribution in [2.24, 2.45) is 4.99 Å². The van der Waals surface area contributed by atoms with Crippen LogP contribution >= 0.6 is 24.0 Å². The number of methoxy groups -OCH3 is 1. The maximum atomic E-state index is 5.37. The molecule has 110 valence electrons. The molecule has 0 saturated heterocycles. The summed E-state index contributed by atoms with van der Waals surface area (Å²) < 4.78 is 10.3. The predicted molar refractivity (Wildman–Crippen MR) is 87.0 cm³/mol. The molecule has 18 heavy (non-hydrogen) atoms. The number of nitrogens with zero attached hydrogens (tertiary/aromatic N) is 2. The van der Waals surface area contributed by atoms with Crippen molar-refractivity contribution in [1.29, 1.82) is 0 Å². The summed E-state index contributed by atoms with van der Waals surface area (Å²) in [5, 5.41) is 3.27. The first kappa shape index (κ1) is 20.2. The van der Waals surface area contributed by atoms with Gasteiger partial charge >= 0.3 is 0 Å². The zero-order valence-electron chi connectivity index (χ0n) is 12.1. The number of halogens is 1. The van der Waals surface area contributed by atoms with Crippen LogP contribution in [0.5, 0.6) is 0 Å². The van der Waals surface area contributed by atoms with Crippen molar-refractivity contribution in [3.8, 4) is 0 Å². The summed E-state index contributed by atoms with van der Waals surface area (Å²) in [4.78, 5) is 6.36. The average molecular weight is 373 g/mol. The Balaban J connectivity index is 0. The molecular weight excluding hydrogens is 345 g/mol. The molecule has 6 heteroatoms. The Morgan fingerprint density at radius 2 is 2.00 bits per heavy atom. The van der Waals surface area contributed by atoms with Crippen LogP contribution in [0.1, 0.15) is 19.8 Å². The minimum atomic E-state index is 0. The van der Waals surface area contributed by atoms with E-state index in [-0.39, 0.29) is 24.0 Å². The smallest absolute Gasteiger partial charge is 0.193 e. The van der Waals surface area contributed by atoms with Gasteiger partial charge in [-0.05, 0) is 6.42 Å². The van der Waals surface area contributed by atoms with Crippen LogP contribution in [0.4, 0.5) is 0 Å². The number of nitrogens with one attached hydrogen (secondary N) is 1. The third-order valence-corrected chi connectivity index (χ3v) is 2.38. The monoisotopic (exact) mass is 373 g/mol. The number of unbranched alkanes of at least 4 members (excludes halogenated alkanes) is 1. The van der Waals surface area contributed by atoms with Gasteiger partial charge in [0, 0.05) is 34.3 Å². The van der Waals surface area contributed by atoms with Crippen molar-refractivity contribution in [1.82, 2.24) is 10.2 Å². The SMILES string of the molecule is CCCCN(C)C(=NC)NCCOCCOC.I. The van der Waals surface area contributed by atoms with E-state index in [1.165, 1.54) is 12.8 Å². The number of rotatable bonds is 9. The molecule has 1 N–H and O–H groups in total. The van der Waals surface area contributed by atoms with Gasteiger partial charge in [-0.1, -0.05) is 13.3 Å². The molecule has 5 nitrogen and oxygen atoms in total. The van der Waals surface area contributed by atoms with Crippen molar-refractivity contribution in [2.75, 3.05) is 54.1 Å². The Bertz CT molecular complexity index is 204. The summed E-state index contributed by atoms with van der Waals surface area (Å²) in [5.74, 6) is 0.925. The van der Waals surface area contributed by atoms with Gasteiger partial charge < -0.3 is 19.7 Å². The van der Waals surface area contributed by atoms with Crippen LogP contribution in [-0.4, -0.2) is 65.0 Å². The highest BCUT2D eigenvalue weighted by atomic mass is 127. The fourth-order valence-corrected chi connectivity index (χ4v) is 1.37. The molecule has 0 aliphatic heterocycles. The molecule has 0 atom stereocenters. The molecule has 0 radical (unpaired) electrons. The molecule has 0 spiro atoms. The van der Waals surface area contributed by atoms with Crippen LogP contribution in [0.15, 0.2) is 4.99 Å². The number of hydrogen-bond acceptors (Lipinski definition) is 3. The standard InChI is InChI=1S/C12H27N3O2.HI/c1-5-6-8-15(3)12(13-2)14-7-9-17-11-10-16-4;/h5-11H2,1-4H3,(H,13,14);1H. The highest BCUT2D eigenvalue weighted by Gasteiger charge is 2.03. The van der Waals surface area contributed by atoms with Crippen LogP contribution in [0.25, 0.3) is 0 Å². The van der Waals surface area contributed by atoms with Gasteiger partial charge in [0.1, 0.15) is 0 Å². The second-order valence-electron chi connectivity index (χ2n) is 3.85. The van der Waals surface area contributed by atoms with E-state index in [9.17, 15) is 0 Å². The molecular formula is C12H28IN3O2. The van der Waals surface area contributed by atoms with Crippen molar-refractivity contribution >= 4 is 29.9 Å². The van der Waals surface area contributed by atoms with E-state index in [4.69, 9.17) is 9.47 Å². The van der Waals surface area contributed by atoms with Gasteiger partial charge in [-0.3, -0.25) is 4.99 Å². The van der Waals surface area contributed by atoms with Gasteiger partial charge in [0.2, 0.25) is 0 Å². The Hall–Kier alpha value is -0.0800. The van der Waals surface area contributed by atoms with E-state index < -0.39 is 0 Å². The van der Waals surface area contributed by atoms with Crippen molar-refractivity contribution < 1.29 is 9.47 Å². The largest absolute Gasteiger partial charge is 0.382 e. The van der Waals surface area contributed by atoms with Crippen LogP contribution in [0.3, 0.4) is 0 Å². The molecule has 0 rings (SSSR count). The summed E-state index contributed by atoms with van der Waals surface area (Å²) in [5.41, 5.74) is 0. The molecule has 0 aromatic carbocycles. The zero-order chi connectivity index (χ0) is 12.9. The Labute approximate surface area is 128 Å². The van der Waals surface area contributed by atoms with E-state index in [0.717, 1.165) is 19.0 Å². The van der Waals surface area contributed by atoms with Crippen LogP contribution < -0.4 is 5.32 Å². The van der Waals surface area contributed by atoms with Crippen molar-refractivity contribution in [3.05, 3.63) is 0 Å². The molecule has 0 heterocycles. The minimum Gasteiger partial charge on any atom is -0.382 e. The average Bonchev–Trinajstić information content (AvgIpc) is 2.35. The minimum absolute atomic E-state index is 0. The molecule has 0 amide bonds. The molecule has 0 saturated carbocycles. The highest BCUT2D eigenvalue weighted by molar-refractivity contribution is 14.0. The first-order chi connectivity index (χ1) is 8.26. The third kappa shape index (κ3) is 11.0. The van der Waals surface area contributed by atoms with Gasteiger partial charge in [-0.25, -0.2) is 0 Å². The fraction of sp³-hybridized carbons (Fsp3) is 0.917. The summed E-state index contributed by atoms with van der Waals surface area (Å²) >= 11 is 0. The molecule has 0 aliphatic carbocycles. The van der Waals surface area contributed by atoms with Gasteiger partial charge in [0.15, 0.2) is 5.96 Å². The quantitative estimate of drug-likeness (QED) is 0.289. The lowest BCUT2D eigenvalue weighted by Crippen LogP contribution is -2.40. The van der Waals surface area contributed by atoms with E-state index in [2.05, 4.69) is 29.2 Å². The molecule has 0 bridgehead atoms. The maximum absolute atomic E-state index is 5.37. The summed E-state index contributed by atoms with van der Waals surface area (Å²) in [7, 11) is 5.53. The number of hydrogen-bond donors (Lipinski definition) is 1. The number of guanidine groups is 1. The van der Waals surface area contributed by atoms with E-state index >= 15 is 0 Å². The highest BCUT2D eigenvalue weighted by Crippen LogP contribution is 1.92. The van der Waals surface area contributed by atoms with Crippen LogP contribution in [-0.2, 0) is 9.47 Å². The Morgan fingerprint density at radius 1 is 1.28 bits per heavy atom. The summed E-state index contributed by atoms with van der Waals surface area (Å²) in [6.07, 6.45) is 2.38. The lowest BCUT2D eigenvalue weighted by atomic mass is 10.3. The van der Waals surface area contributed by atoms with Gasteiger partial charge in [-0.15, -0.1) is 24.0 Å². The molecule has 0 fully saturated rings. The van der Waals surface area contributed by atoms with Crippen molar-refractivity contribution in [2.45, 2.75) is 19.8 Å². The number of aliphatic imine (C=N–C) groups is 1. The zero-order valence-corrected chi connectivity index (χ0v) is 14.4. The Morgan fingerprint density at radius 3 is 2.56 bits per heavy atom. The Kier molecular flexibility index (Phi) is 16.8. The summed E-state index contributed by atoms with van der Waals surface area (Å²) in [6, 6.07) is 0. The van der Waals surface area contributed by atoms with Gasteiger partial charge in [0.25, 0.3) is 0 Å². The second kappa shape index (κ2) is 15.0. The van der Waals surface area contributed by atoms with Crippen molar-refractivity contribution in [3.63, 3.8) is 0 Å². The van der Waals surface area contributed by atoms with E-state index in [1.54, 1.807) is 14.2 Å². The lowest BCUT2D eigenvalue weighted by molar-refractivity contribution is 0.0731. The maximum Gasteiger partial charge on any atom is 0.193 e.